The summed E-state index contributed by atoms with van der Waals surface area (Å²) < 4.78 is 0. The van der Waals surface area contributed by atoms with Gasteiger partial charge in [-0.2, -0.15) is 0 Å². The van der Waals surface area contributed by atoms with Crippen LogP contribution in [0.25, 0.3) is 0 Å². The van der Waals surface area contributed by atoms with Crippen LogP contribution in [-0.2, 0) is 6.54 Å². The molecule has 130 valence electrons. The fraction of sp³-hybridized carbons (Fsp3) is 0.300. The Morgan fingerprint density at radius 2 is 1.76 bits per heavy atom. The van der Waals surface area contributed by atoms with Gasteiger partial charge in [0.15, 0.2) is 0 Å². The second-order valence-corrected chi connectivity index (χ2v) is 6.40. The van der Waals surface area contributed by atoms with E-state index in [1.807, 2.05) is 24.0 Å². The smallest absolute Gasteiger partial charge is 0.255 e. The average Bonchev–Trinajstić information content (AvgIpc) is 3.14. The highest BCUT2D eigenvalue weighted by molar-refractivity contribution is 5.97. The molecule has 0 radical (unpaired) electrons. The molecule has 1 saturated heterocycles. The number of aryl methyl sites for hydroxylation is 1. The maximum Gasteiger partial charge on any atom is 0.255 e. The molecule has 1 heterocycles. The number of phenolic OH excluding ortho intramolecular Hbond substituents is 1. The van der Waals surface area contributed by atoms with Crippen molar-refractivity contribution >= 4 is 11.8 Å². The van der Waals surface area contributed by atoms with Gasteiger partial charge >= 0.3 is 0 Å². The lowest BCUT2D eigenvalue weighted by Gasteiger charge is -2.15. The molecule has 0 bridgehead atoms. The highest BCUT2D eigenvalue weighted by atomic mass is 16.3. The summed E-state index contributed by atoms with van der Waals surface area (Å²) in [6.07, 6.45) is 2.14. The molecule has 3 rings (SSSR count). The van der Waals surface area contributed by atoms with Crippen molar-refractivity contribution in [3.63, 3.8) is 0 Å². The van der Waals surface area contributed by atoms with E-state index in [1.54, 1.807) is 30.3 Å². The summed E-state index contributed by atoms with van der Waals surface area (Å²) >= 11 is 0. The lowest BCUT2D eigenvalue weighted by molar-refractivity contribution is 0.0792. The third-order valence-electron chi connectivity index (χ3n) is 4.45. The van der Waals surface area contributed by atoms with E-state index in [0.717, 1.165) is 37.1 Å². The summed E-state index contributed by atoms with van der Waals surface area (Å²) in [5.74, 6) is -0.281. The topological polar surface area (TPSA) is 69.6 Å². The summed E-state index contributed by atoms with van der Waals surface area (Å²) in [4.78, 5) is 26.3. The van der Waals surface area contributed by atoms with Crippen LogP contribution < -0.4 is 5.32 Å². The highest BCUT2D eigenvalue weighted by Gasteiger charge is 2.19. The molecule has 0 spiro atoms. The minimum atomic E-state index is -0.324. The normalized spacial score (nSPS) is 13.7. The molecule has 2 aromatic carbocycles. The number of hydrogen-bond donors (Lipinski definition) is 2. The van der Waals surface area contributed by atoms with Gasteiger partial charge in [0.05, 0.1) is 5.56 Å². The van der Waals surface area contributed by atoms with Crippen LogP contribution in [0.1, 0.15) is 44.7 Å². The molecule has 1 fully saturated rings. The lowest BCUT2D eigenvalue weighted by Crippen LogP contribution is -2.27. The number of likely N-dealkylation sites (tertiary alicyclic amines) is 1. The second-order valence-electron chi connectivity index (χ2n) is 6.40. The molecule has 0 unspecified atom stereocenters. The first kappa shape index (κ1) is 17.0. The van der Waals surface area contributed by atoms with Gasteiger partial charge in [-0.25, -0.2) is 0 Å². The van der Waals surface area contributed by atoms with Crippen LogP contribution in [0, 0.1) is 6.92 Å². The standard InChI is InChI=1S/C20H22N2O3/c1-14-4-9-17(18(23)12-14)19(24)21-13-15-5-7-16(8-6-15)20(25)22-10-2-3-11-22/h4-9,12,23H,2-3,10-11,13H2,1H3,(H,21,24). The fourth-order valence-electron chi connectivity index (χ4n) is 2.98. The van der Waals surface area contributed by atoms with Crippen LogP contribution in [0.2, 0.25) is 0 Å². The molecule has 1 aliphatic heterocycles. The number of phenols is 1. The minimum absolute atomic E-state index is 0.0240. The highest BCUT2D eigenvalue weighted by Crippen LogP contribution is 2.18. The Bertz CT molecular complexity index is 778. The van der Waals surface area contributed by atoms with E-state index in [9.17, 15) is 14.7 Å². The zero-order valence-electron chi connectivity index (χ0n) is 14.3. The molecule has 2 amide bonds. The maximum atomic E-state index is 12.3. The number of rotatable bonds is 4. The third-order valence-corrected chi connectivity index (χ3v) is 4.45. The number of aromatic hydroxyl groups is 1. The van der Waals surface area contributed by atoms with Gasteiger partial charge in [-0.05, 0) is 55.2 Å². The molecular weight excluding hydrogens is 316 g/mol. The molecule has 0 aromatic heterocycles. The largest absolute Gasteiger partial charge is 0.507 e. The number of nitrogens with one attached hydrogen (secondary N) is 1. The van der Waals surface area contributed by atoms with E-state index in [2.05, 4.69) is 5.32 Å². The summed E-state index contributed by atoms with van der Waals surface area (Å²) in [7, 11) is 0. The summed E-state index contributed by atoms with van der Waals surface area (Å²) in [5.41, 5.74) is 2.73. The second kappa shape index (κ2) is 7.38. The third kappa shape index (κ3) is 3.99. The maximum absolute atomic E-state index is 12.3. The molecule has 0 saturated carbocycles. The van der Waals surface area contributed by atoms with Crippen molar-refractivity contribution in [2.75, 3.05) is 13.1 Å². The zero-order chi connectivity index (χ0) is 17.8. The van der Waals surface area contributed by atoms with Crippen LogP contribution in [0.5, 0.6) is 5.75 Å². The number of carbonyl (C=O) groups excluding carboxylic acids is 2. The van der Waals surface area contributed by atoms with Gasteiger partial charge in [0.2, 0.25) is 0 Å². The van der Waals surface area contributed by atoms with E-state index < -0.39 is 0 Å². The molecule has 2 aromatic rings. The van der Waals surface area contributed by atoms with Crippen molar-refractivity contribution in [3.05, 3.63) is 64.7 Å². The molecule has 0 aliphatic carbocycles. The van der Waals surface area contributed by atoms with Gasteiger partial charge in [0, 0.05) is 25.2 Å². The van der Waals surface area contributed by atoms with Gasteiger partial charge < -0.3 is 15.3 Å². The van der Waals surface area contributed by atoms with Crippen molar-refractivity contribution in [1.29, 1.82) is 0 Å². The van der Waals surface area contributed by atoms with Crippen molar-refractivity contribution in [1.82, 2.24) is 10.2 Å². The van der Waals surface area contributed by atoms with Gasteiger partial charge in [-0.1, -0.05) is 18.2 Å². The minimum Gasteiger partial charge on any atom is -0.507 e. The van der Waals surface area contributed by atoms with Gasteiger partial charge in [0.1, 0.15) is 5.75 Å². The van der Waals surface area contributed by atoms with E-state index in [-0.39, 0.29) is 23.1 Å². The quantitative estimate of drug-likeness (QED) is 0.900. The summed E-state index contributed by atoms with van der Waals surface area (Å²) in [6.45, 7) is 3.85. The monoisotopic (exact) mass is 338 g/mol. The number of carbonyl (C=O) groups is 2. The van der Waals surface area contributed by atoms with Crippen molar-refractivity contribution in [2.45, 2.75) is 26.3 Å². The van der Waals surface area contributed by atoms with Crippen LogP contribution >= 0.6 is 0 Å². The molecule has 1 aliphatic rings. The predicted octanol–water partition coefficient (Wildman–Crippen LogP) is 2.87. The van der Waals surface area contributed by atoms with Crippen molar-refractivity contribution < 1.29 is 14.7 Å². The van der Waals surface area contributed by atoms with E-state index >= 15 is 0 Å². The first-order valence-electron chi connectivity index (χ1n) is 8.50. The van der Waals surface area contributed by atoms with E-state index in [1.165, 1.54) is 0 Å². The SMILES string of the molecule is Cc1ccc(C(=O)NCc2ccc(C(=O)N3CCCC3)cc2)c(O)c1. The zero-order valence-corrected chi connectivity index (χ0v) is 14.3. The Hall–Kier alpha value is -2.82. The first-order chi connectivity index (χ1) is 12.0. The number of nitrogens with zero attached hydrogens (tertiary/aromatic N) is 1. The van der Waals surface area contributed by atoms with Gasteiger partial charge in [-0.3, -0.25) is 9.59 Å². The molecule has 5 heteroatoms. The first-order valence-corrected chi connectivity index (χ1v) is 8.50. The molecule has 25 heavy (non-hydrogen) atoms. The average molecular weight is 338 g/mol. The van der Waals surface area contributed by atoms with Crippen LogP contribution in [-0.4, -0.2) is 34.9 Å². The van der Waals surface area contributed by atoms with E-state index in [4.69, 9.17) is 0 Å². The number of amides is 2. The molecular formula is C20H22N2O3. The summed E-state index contributed by atoms with van der Waals surface area (Å²) in [6, 6.07) is 12.2. The molecule has 0 atom stereocenters. The van der Waals surface area contributed by atoms with Gasteiger partial charge in [-0.15, -0.1) is 0 Å². The Morgan fingerprint density at radius 3 is 2.40 bits per heavy atom. The Labute approximate surface area is 147 Å². The lowest BCUT2D eigenvalue weighted by atomic mass is 10.1. The van der Waals surface area contributed by atoms with Crippen LogP contribution in [0.15, 0.2) is 42.5 Å². The van der Waals surface area contributed by atoms with Gasteiger partial charge in [0.25, 0.3) is 11.8 Å². The number of benzene rings is 2. The van der Waals surface area contributed by atoms with Crippen molar-refractivity contribution in [3.8, 4) is 5.75 Å². The molecule has 2 N–H and O–H groups in total. The Morgan fingerprint density at radius 1 is 1.08 bits per heavy atom. The Balaban J connectivity index is 1.59. The van der Waals surface area contributed by atoms with E-state index in [0.29, 0.717) is 12.1 Å². The van der Waals surface area contributed by atoms with Crippen LogP contribution in [0.3, 0.4) is 0 Å². The predicted molar refractivity (Wildman–Crippen MR) is 95.6 cm³/mol. The Kier molecular flexibility index (Phi) is 5.03. The summed E-state index contributed by atoms with van der Waals surface area (Å²) in [5, 5.41) is 12.6. The van der Waals surface area contributed by atoms with Crippen molar-refractivity contribution in [2.24, 2.45) is 0 Å². The van der Waals surface area contributed by atoms with Crippen LogP contribution in [0.4, 0.5) is 0 Å². The molecule has 5 nitrogen and oxygen atoms in total. The fourth-order valence-corrected chi connectivity index (χ4v) is 2.98. The number of hydrogen-bond acceptors (Lipinski definition) is 3.